The second kappa shape index (κ2) is 7.30. The van der Waals surface area contributed by atoms with Gasteiger partial charge in [-0.1, -0.05) is 12.0 Å². The Morgan fingerprint density at radius 3 is 2.71 bits per heavy atom. The average Bonchev–Trinajstić information content (AvgIpc) is 3.06. The van der Waals surface area contributed by atoms with Gasteiger partial charge in [-0.3, -0.25) is 4.98 Å². The minimum Gasteiger partial charge on any atom is -0.479 e. The van der Waals surface area contributed by atoms with E-state index in [1.165, 1.54) is 32.4 Å². The highest BCUT2D eigenvalue weighted by molar-refractivity contribution is 7.87. The Labute approximate surface area is 161 Å². The third-order valence-corrected chi connectivity index (χ3v) is 5.61. The first-order valence-corrected chi connectivity index (χ1v) is 9.38. The molecule has 0 saturated heterocycles. The maximum absolute atomic E-state index is 13.0. The smallest absolute Gasteiger partial charge is 0.338 e. The van der Waals surface area contributed by atoms with Gasteiger partial charge in [-0.25, -0.2) is 13.8 Å². The lowest BCUT2D eigenvalue weighted by atomic mass is 10.2. The van der Waals surface area contributed by atoms with Gasteiger partial charge in [-0.05, 0) is 24.3 Å². The second-order valence-electron chi connectivity index (χ2n) is 5.81. The van der Waals surface area contributed by atoms with E-state index in [0.717, 1.165) is 8.28 Å². The number of rotatable bonds is 6. The van der Waals surface area contributed by atoms with Crippen LogP contribution in [-0.2, 0) is 10.2 Å². The molecule has 0 amide bonds. The van der Waals surface area contributed by atoms with Crippen LogP contribution in [0.2, 0.25) is 0 Å². The fourth-order valence-electron chi connectivity index (χ4n) is 2.59. The largest absolute Gasteiger partial charge is 0.479 e. The Morgan fingerprint density at radius 2 is 2.07 bits per heavy atom. The van der Waals surface area contributed by atoms with Gasteiger partial charge in [0.05, 0.1) is 11.1 Å². The van der Waals surface area contributed by atoms with Crippen molar-refractivity contribution < 1.29 is 23.1 Å². The molecule has 0 aliphatic carbocycles. The Bertz CT molecular complexity index is 1210. The summed E-state index contributed by atoms with van der Waals surface area (Å²) in [6.07, 6.45) is 6.59. The molecule has 144 valence electrons. The van der Waals surface area contributed by atoms with Crippen LogP contribution in [0.1, 0.15) is 10.4 Å². The number of para-hydroxylation sites is 1. The predicted molar refractivity (Wildman–Crippen MR) is 102 cm³/mol. The van der Waals surface area contributed by atoms with E-state index in [4.69, 9.17) is 11.2 Å². The van der Waals surface area contributed by atoms with Crippen molar-refractivity contribution >= 4 is 27.2 Å². The Balaban J connectivity index is 2.43. The van der Waals surface area contributed by atoms with Gasteiger partial charge in [0.2, 0.25) is 0 Å². The van der Waals surface area contributed by atoms with E-state index >= 15 is 0 Å². The Hall–Kier alpha value is -3.42. The zero-order chi connectivity index (χ0) is 20.5. The number of fused-ring (bicyclic) bond motifs is 1. The van der Waals surface area contributed by atoms with Crippen LogP contribution in [0.25, 0.3) is 22.6 Å². The lowest BCUT2D eigenvalue weighted by molar-refractivity contribution is 0.0697. The highest BCUT2D eigenvalue weighted by atomic mass is 32.2. The van der Waals surface area contributed by atoms with E-state index in [1.54, 1.807) is 18.2 Å². The summed E-state index contributed by atoms with van der Waals surface area (Å²) in [7, 11) is -1.34. The molecule has 1 N–H and O–H groups in total. The summed E-state index contributed by atoms with van der Waals surface area (Å²) in [6.45, 7) is -0.0360. The molecule has 3 aromatic rings. The predicted octanol–water partition coefficient (Wildman–Crippen LogP) is 1.46. The Morgan fingerprint density at radius 1 is 1.32 bits per heavy atom. The van der Waals surface area contributed by atoms with Crippen LogP contribution in [0.3, 0.4) is 0 Å². The number of terminal acetylenes is 1. The molecule has 0 atom stereocenters. The van der Waals surface area contributed by atoms with Crippen LogP contribution in [0.4, 0.5) is 0 Å². The molecule has 0 spiro atoms. The van der Waals surface area contributed by atoms with E-state index in [-0.39, 0.29) is 40.5 Å². The number of carbonyl (C=O) groups is 1. The number of carboxylic acids is 1. The van der Waals surface area contributed by atoms with Gasteiger partial charge in [-0.2, -0.15) is 12.7 Å². The molecule has 3 rings (SSSR count). The monoisotopic (exact) mass is 400 g/mol. The first-order valence-electron chi connectivity index (χ1n) is 7.98. The lowest BCUT2D eigenvalue weighted by Gasteiger charge is -2.15. The molecule has 0 aliphatic heterocycles. The maximum Gasteiger partial charge on any atom is 0.338 e. The molecular formula is C18H16N4O5S. The average molecular weight is 400 g/mol. The van der Waals surface area contributed by atoms with Crippen LogP contribution in [-0.4, -0.2) is 58.4 Å². The van der Waals surface area contributed by atoms with Gasteiger partial charge in [0, 0.05) is 20.3 Å². The maximum atomic E-state index is 13.0. The molecule has 2 heterocycles. The normalized spacial score (nSPS) is 11.5. The van der Waals surface area contributed by atoms with Gasteiger partial charge in [0.1, 0.15) is 23.6 Å². The number of aromatic carboxylic acids is 1. The van der Waals surface area contributed by atoms with Crippen molar-refractivity contribution in [3.8, 4) is 29.6 Å². The minimum absolute atomic E-state index is 0.0360. The van der Waals surface area contributed by atoms with Gasteiger partial charge in [-0.15, -0.1) is 6.42 Å². The number of ether oxygens (including phenoxy) is 1. The summed E-state index contributed by atoms with van der Waals surface area (Å²) < 4.78 is 33.4. The molecule has 9 nitrogen and oxygen atoms in total. The quantitative estimate of drug-likeness (QED) is 0.623. The number of hydrogen-bond acceptors (Lipinski definition) is 6. The molecular weight excluding hydrogens is 384 g/mol. The summed E-state index contributed by atoms with van der Waals surface area (Å²) in [5.41, 5.74) is 0.166. The molecule has 28 heavy (non-hydrogen) atoms. The van der Waals surface area contributed by atoms with Crippen LogP contribution < -0.4 is 4.74 Å². The number of imidazole rings is 1. The number of hydrogen-bond donors (Lipinski definition) is 1. The number of benzene rings is 1. The summed E-state index contributed by atoms with van der Waals surface area (Å²) in [5.74, 6) is 1.21. The van der Waals surface area contributed by atoms with Crippen LogP contribution in [0.15, 0.2) is 36.5 Å². The lowest BCUT2D eigenvalue weighted by Crippen LogP contribution is -2.29. The zero-order valence-corrected chi connectivity index (χ0v) is 15.8. The van der Waals surface area contributed by atoms with E-state index < -0.39 is 16.2 Å². The fraction of sp³-hybridized carbons (Fsp3) is 0.167. The van der Waals surface area contributed by atoms with Gasteiger partial charge in [0.25, 0.3) is 0 Å². The fourth-order valence-corrected chi connectivity index (χ4v) is 3.66. The minimum atomic E-state index is -4.06. The number of aromatic nitrogens is 3. The Kier molecular flexibility index (Phi) is 5.04. The molecule has 10 heteroatoms. The van der Waals surface area contributed by atoms with Gasteiger partial charge < -0.3 is 9.84 Å². The van der Waals surface area contributed by atoms with Crippen molar-refractivity contribution in [2.75, 3.05) is 20.7 Å². The summed E-state index contributed by atoms with van der Waals surface area (Å²) in [5, 5.41) is 9.49. The summed E-state index contributed by atoms with van der Waals surface area (Å²) in [6, 6.07) is 7.50. The highest BCUT2D eigenvalue weighted by Crippen LogP contribution is 2.32. The van der Waals surface area contributed by atoms with Crippen molar-refractivity contribution in [2.24, 2.45) is 0 Å². The molecule has 2 aromatic heterocycles. The van der Waals surface area contributed by atoms with E-state index in [2.05, 4.69) is 15.9 Å². The molecule has 1 aromatic carbocycles. The number of pyridine rings is 1. The first kappa shape index (κ1) is 19.3. The van der Waals surface area contributed by atoms with Crippen molar-refractivity contribution in [3.05, 3.63) is 42.1 Å². The van der Waals surface area contributed by atoms with E-state index in [1.807, 2.05) is 0 Å². The van der Waals surface area contributed by atoms with Crippen LogP contribution in [0, 0.1) is 12.3 Å². The third kappa shape index (κ3) is 3.17. The second-order valence-corrected chi connectivity index (χ2v) is 7.80. The van der Waals surface area contributed by atoms with Crippen LogP contribution in [0.5, 0.6) is 5.75 Å². The standard InChI is InChI=1S/C18H16N4O5S/c1-4-11-27-14-9-5-8-13-16(14)20-17(22(13)28(25,26)21(2)3)15-12(18(23)24)7-6-10-19-15/h1,5-10H,11H2,2-3H3,(H,23,24). The van der Waals surface area contributed by atoms with Gasteiger partial charge >= 0.3 is 16.2 Å². The summed E-state index contributed by atoms with van der Waals surface area (Å²) in [4.78, 5) is 20.1. The highest BCUT2D eigenvalue weighted by Gasteiger charge is 2.29. The van der Waals surface area contributed by atoms with E-state index in [9.17, 15) is 18.3 Å². The van der Waals surface area contributed by atoms with Crippen LogP contribution >= 0.6 is 0 Å². The molecule has 0 saturated carbocycles. The molecule has 0 radical (unpaired) electrons. The molecule has 0 bridgehead atoms. The van der Waals surface area contributed by atoms with E-state index in [0.29, 0.717) is 0 Å². The topological polar surface area (TPSA) is 115 Å². The van der Waals surface area contributed by atoms with Crippen molar-refractivity contribution in [1.82, 2.24) is 18.2 Å². The number of carboxylic acid groups (broad SMARTS) is 1. The van der Waals surface area contributed by atoms with Gasteiger partial charge in [0.15, 0.2) is 5.82 Å². The van der Waals surface area contributed by atoms with Crippen molar-refractivity contribution in [3.63, 3.8) is 0 Å². The molecule has 0 fully saturated rings. The summed E-state index contributed by atoms with van der Waals surface area (Å²) >= 11 is 0. The molecule has 0 unspecified atom stereocenters. The number of nitrogens with zero attached hydrogens (tertiary/aromatic N) is 4. The van der Waals surface area contributed by atoms with Crippen molar-refractivity contribution in [1.29, 1.82) is 0 Å². The first-order chi connectivity index (χ1) is 13.3. The molecule has 0 aliphatic rings. The SMILES string of the molecule is C#CCOc1cccc2c1nc(-c1ncccc1C(=O)O)n2S(=O)(=O)N(C)C. The zero-order valence-electron chi connectivity index (χ0n) is 15.0. The third-order valence-electron chi connectivity index (χ3n) is 3.86. The van der Waals surface area contributed by atoms with Crippen molar-refractivity contribution in [2.45, 2.75) is 0 Å².